The van der Waals surface area contributed by atoms with E-state index in [4.69, 9.17) is 4.74 Å². The van der Waals surface area contributed by atoms with E-state index in [0.29, 0.717) is 32.5 Å². The molecule has 3 aromatic carbocycles. The minimum absolute atomic E-state index is 0.101. The van der Waals surface area contributed by atoms with Gasteiger partial charge in [0.25, 0.3) is 0 Å². The molecule has 0 spiro atoms. The Kier molecular flexibility index (Phi) is 9.64. The number of hydrogen-bond donors (Lipinski definition) is 2. The van der Waals surface area contributed by atoms with Gasteiger partial charge in [0.15, 0.2) is 11.6 Å². The standard InChI is InChI=1S/C30H32F2N4O3/c1-39-17-7-15-36(30(38)34-24-12-13-26(31)27(32)18-24)21-29(37)35(20-22-8-3-2-4-9-22)16-14-23-19-33-28-11-6-5-10-25(23)28/h2-6,8-13,18-19,33H,7,14-17,20-21H2,1H3,(H,34,38). The second-order valence-corrected chi connectivity index (χ2v) is 9.24. The first-order valence-corrected chi connectivity index (χ1v) is 12.8. The summed E-state index contributed by atoms with van der Waals surface area (Å²) < 4.78 is 32.1. The molecule has 1 heterocycles. The highest BCUT2D eigenvalue weighted by Crippen LogP contribution is 2.19. The summed E-state index contributed by atoms with van der Waals surface area (Å²) in [6.45, 7) is 1.30. The van der Waals surface area contributed by atoms with Crippen LogP contribution in [0, 0.1) is 11.6 Å². The number of hydrogen-bond acceptors (Lipinski definition) is 3. The molecule has 0 bridgehead atoms. The molecular formula is C30H32F2N4O3. The van der Waals surface area contributed by atoms with Crippen molar-refractivity contribution in [3.05, 3.63) is 102 Å². The molecule has 4 rings (SSSR count). The van der Waals surface area contributed by atoms with Gasteiger partial charge >= 0.3 is 6.03 Å². The number of para-hydroxylation sites is 1. The van der Waals surface area contributed by atoms with Crippen LogP contribution >= 0.6 is 0 Å². The first kappa shape index (κ1) is 27.8. The van der Waals surface area contributed by atoms with Gasteiger partial charge in [-0.1, -0.05) is 48.5 Å². The number of aromatic amines is 1. The Balaban J connectivity index is 1.50. The molecule has 0 saturated carbocycles. The molecule has 0 unspecified atom stereocenters. The van der Waals surface area contributed by atoms with Gasteiger partial charge in [0.1, 0.15) is 6.54 Å². The second kappa shape index (κ2) is 13.5. The smallest absolute Gasteiger partial charge is 0.322 e. The molecule has 0 atom stereocenters. The van der Waals surface area contributed by atoms with E-state index >= 15 is 0 Å². The minimum atomic E-state index is -1.07. The number of benzene rings is 3. The monoisotopic (exact) mass is 534 g/mol. The number of nitrogens with one attached hydrogen (secondary N) is 2. The van der Waals surface area contributed by atoms with E-state index in [1.807, 2.05) is 60.8 Å². The molecule has 0 saturated heterocycles. The summed E-state index contributed by atoms with van der Waals surface area (Å²) in [5, 5.41) is 3.68. The number of anilines is 1. The zero-order chi connectivity index (χ0) is 27.6. The number of fused-ring (bicyclic) bond motifs is 1. The van der Waals surface area contributed by atoms with Crippen molar-refractivity contribution >= 4 is 28.5 Å². The van der Waals surface area contributed by atoms with E-state index in [-0.39, 0.29) is 24.7 Å². The predicted octanol–water partition coefficient (Wildman–Crippen LogP) is 5.59. The fourth-order valence-corrected chi connectivity index (χ4v) is 4.38. The number of methoxy groups -OCH3 is 1. The largest absolute Gasteiger partial charge is 0.385 e. The number of carbonyl (C=O) groups excluding carboxylic acids is 2. The normalized spacial score (nSPS) is 10.9. The highest BCUT2D eigenvalue weighted by atomic mass is 19.2. The van der Waals surface area contributed by atoms with Gasteiger partial charge in [0, 0.05) is 62.2 Å². The van der Waals surface area contributed by atoms with Crippen molar-refractivity contribution in [1.82, 2.24) is 14.8 Å². The van der Waals surface area contributed by atoms with Crippen LogP contribution in [-0.2, 0) is 22.5 Å². The quantitative estimate of drug-likeness (QED) is 0.233. The number of nitrogens with zero attached hydrogens (tertiary/aromatic N) is 2. The number of halogens is 2. The summed E-state index contributed by atoms with van der Waals surface area (Å²) in [4.78, 5) is 33.1. The van der Waals surface area contributed by atoms with Crippen molar-refractivity contribution in [2.24, 2.45) is 0 Å². The minimum Gasteiger partial charge on any atom is -0.385 e. The van der Waals surface area contributed by atoms with E-state index in [1.165, 1.54) is 11.0 Å². The number of urea groups is 1. The summed E-state index contributed by atoms with van der Waals surface area (Å²) in [5.41, 5.74) is 3.21. The number of rotatable bonds is 12. The Labute approximate surface area is 226 Å². The lowest BCUT2D eigenvalue weighted by molar-refractivity contribution is -0.132. The molecule has 9 heteroatoms. The zero-order valence-corrected chi connectivity index (χ0v) is 21.8. The molecule has 0 fully saturated rings. The number of carbonyl (C=O) groups is 2. The maximum Gasteiger partial charge on any atom is 0.322 e. The van der Waals surface area contributed by atoms with Crippen LogP contribution in [0.15, 0.2) is 79.0 Å². The van der Waals surface area contributed by atoms with Crippen molar-refractivity contribution in [2.45, 2.75) is 19.4 Å². The molecule has 4 aromatic rings. The number of ether oxygens (including phenoxy) is 1. The molecule has 1 aromatic heterocycles. The van der Waals surface area contributed by atoms with Gasteiger partial charge in [0.05, 0.1) is 0 Å². The van der Waals surface area contributed by atoms with Crippen LogP contribution in [0.4, 0.5) is 19.3 Å². The Morgan fingerprint density at radius 3 is 2.46 bits per heavy atom. The maximum atomic E-state index is 13.7. The SMILES string of the molecule is COCCCN(CC(=O)N(CCc1c[nH]c2ccccc12)Cc1ccccc1)C(=O)Nc1ccc(F)c(F)c1. The third-order valence-electron chi connectivity index (χ3n) is 6.46. The molecule has 39 heavy (non-hydrogen) atoms. The summed E-state index contributed by atoms with van der Waals surface area (Å²) in [6, 6.07) is 20.2. The van der Waals surface area contributed by atoms with E-state index in [0.717, 1.165) is 34.2 Å². The fraction of sp³-hybridized carbons (Fsp3) is 0.267. The van der Waals surface area contributed by atoms with Crippen LogP contribution in [0.3, 0.4) is 0 Å². The summed E-state index contributed by atoms with van der Waals surface area (Å²) in [7, 11) is 1.56. The van der Waals surface area contributed by atoms with Crippen LogP contribution in [0.5, 0.6) is 0 Å². The lowest BCUT2D eigenvalue weighted by Crippen LogP contribution is -2.45. The zero-order valence-electron chi connectivity index (χ0n) is 21.8. The lowest BCUT2D eigenvalue weighted by atomic mass is 10.1. The van der Waals surface area contributed by atoms with E-state index in [9.17, 15) is 18.4 Å². The highest BCUT2D eigenvalue weighted by molar-refractivity contribution is 5.92. The third kappa shape index (κ3) is 7.64. The van der Waals surface area contributed by atoms with Crippen LogP contribution in [0.2, 0.25) is 0 Å². The van der Waals surface area contributed by atoms with Gasteiger partial charge in [0.2, 0.25) is 5.91 Å². The molecule has 2 N–H and O–H groups in total. The van der Waals surface area contributed by atoms with Crippen molar-refractivity contribution < 1.29 is 23.1 Å². The van der Waals surface area contributed by atoms with Crippen LogP contribution in [0.1, 0.15) is 17.5 Å². The van der Waals surface area contributed by atoms with Crippen LogP contribution < -0.4 is 5.32 Å². The Hall–Kier alpha value is -4.24. The lowest BCUT2D eigenvalue weighted by Gasteiger charge is -2.28. The Morgan fingerprint density at radius 2 is 1.69 bits per heavy atom. The van der Waals surface area contributed by atoms with Gasteiger partial charge in [-0.15, -0.1) is 0 Å². The molecule has 204 valence electrons. The molecule has 0 radical (unpaired) electrons. The summed E-state index contributed by atoms with van der Waals surface area (Å²) >= 11 is 0. The van der Waals surface area contributed by atoms with E-state index in [1.54, 1.807) is 12.0 Å². The summed E-state index contributed by atoms with van der Waals surface area (Å²) in [5.74, 6) is -2.30. The average molecular weight is 535 g/mol. The molecule has 0 aliphatic carbocycles. The second-order valence-electron chi connectivity index (χ2n) is 9.24. The maximum absolute atomic E-state index is 13.7. The number of aromatic nitrogens is 1. The first-order chi connectivity index (χ1) is 18.9. The predicted molar refractivity (Wildman–Crippen MR) is 147 cm³/mol. The fourth-order valence-electron chi connectivity index (χ4n) is 4.38. The van der Waals surface area contributed by atoms with Crippen molar-refractivity contribution in [3.8, 4) is 0 Å². The topological polar surface area (TPSA) is 77.7 Å². The van der Waals surface area contributed by atoms with Gasteiger partial charge in [-0.25, -0.2) is 13.6 Å². The number of H-pyrrole nitrogens is 1. The van der Waals surface area contributed by atoms with Gasteiger partial charge in [-0.05, 0) is 42.2 Å². The molecule has 3 amide bonds. The van der Waals surface area contributed by atoms with E-state index < -0.39 is 17.7 Å². The van der Waals surface area contributed by atoms with Gasteiger partial charge < -0.3 is 24.8 Å². The number of amides is 3. The molecular weight excluding hydrogens is 502 g/mol. The Morgan fingerprint density at radius 1 is 0.923 bits per heavy atom. The summed E-state index contributed by atoms with van der Waals surface area (Å²) in [6.07, 6.45) is 3.10. The van der Waals surface area contributed by atoms with Gasteiger partial charge in [-0.3, -0.25) is 4.79 Å². The van der Waals surface area contributed by atoms with Crippen LogP contribution in [-0.4, -0.2) is 60.1 Å². The first-order valence-electron chi connectivity index (χ1n) is 12.8. The Bertz CT molecular complexity index is 1390. The average Bonchev–Trinajstić information content (AvgIpc) is 3.36. The van der Waals surface area contributed by atoms with Crippen molar-refractivity contribution in [2.75, 3.05) is 38.7 Å². The van der Waals surface area contributed by atoms with Crippen molar-refractivity contribution in [3.63, 3.8) is 0 Å². The molecule has 0 aliphatic heterocycles. The van der Waals surface area contributed by atoms with Crippen molar-refractivity contribution in [1.29, 1.82) is 0 Å². The van der Waals surface area contributed by atoms with Crippen LogP contribution in [0.25, 0.3) is 10.9 Å². The molecule has 0 aliphatic rings. The van der Waals surface area contributed by atoms with Gasteiger partial charge in [-0.2, -0.15) is 0 Å². The third-order valence-corrected chi connectivity index (χ3v) is 6.46. The highest BCUT2D eigenvalue weighted by Gasteiger charge is 2.22. The van der Waals surface area contributed by atoms with E-state index in [2.05, 4.69) is 10.3 Å². The molecule has 7 nitrogen and oxygen atoms in total.